The summed E-state index contributed by atoms with van der Waals surface area (Å²) in [6.07, 6.45) is 0. The molecule has 1 heterocycles. The van der Waals surface area contributed by atoms with Crippen LogP contribution in [0.5, 0.6) is 0 Å². The van der Waals surface area contributed by atoms with Crippen LogP contribution in [0.15, 0.2) is 72.8 Å². The van der Waals surface area contributed by atoms with Crippen LogP contribution >= 0.6 is 0 Å². The van der Waals surface area contributed by atoms with Gasteiger partial charge in [0.25, 0.3) is 5.91 Å². The molecular formula is C31H34N4O5. The third kappa shape index (κ3) is 6.56. The summed E-state index contributed by atoms with van der Waals surface area (Å²) in [6.45, 7) is 3.51. The number of anilines is 3. The molecule has 0 saturated heterocycles. The summed E-state index contributed by atoms with van der Waals surface area (Å²) in [5.41, 5.74) is 5.01. The molecule has 9 heteroatoms. The average Bonchev–Trinajstić information content (AvgIpc) is 3.29. The molecule has 1 aliphatic heterocycles. The molecule has 0 unspecified atom stereocenters. The molecule has 40 heavy (non-hydrogen) atoms. The highest BCUT2D eigenvalue weighted by Gasteiger charge is 2.29. The first kappa shape index (κ1) is 28.5. The van der Waals surface area contributed by atoms with Crippen molar-refractivity contribution in [1.82, 2.24) is 4.90 Å². The number of benzene rings is 3. The summed E-state index contributed by atoms with van der Waals surface area (Å²) >= 11 is 0. The van der Waals surface area contributed by atoms with Crippen molar-refractivity contribution in [2.75, 3.05) is 63.0 Å². The second-order valence-corrected chi connectivity index (χ2v) is 9.41. The molecule has 0 aliphatic carbocycles. The first-order chi connectivity index (χ1) is 19.3. The minimum Gasteiger partial charge on any atom is -0.462 e. The quantitative estimate of drug-likeness (QED) is 0.275. The molecule has 0 fully saturated rings. The van der Waals surface area contributed by atoms with Crippen LogP contribution in [0.1, 0.15) is 28.4 Å². The van der Waals surface area contributed by atoms with Crippen molar-refractivity contribution < 1.29 is 23.9 Å². The number of methoxy groups -OCH3 is 1. The maximum absolute atomic E-state index is 13.2. The van der Waals surface area contributed by atoms with Crippen LogP contribution in [0.4, 0.5) is 17.1 Å². The Morgan fingerprint density at radius 3 is 2.35 bits per heavy atom. The van der Waals surface area contributed by atoms with Gasteiger partial charge in [-0.05, 0) is 55.9 Å². The third-order valence-electron chi connectivity index (χ3n) is 6.57. The fourth-order valence-electron chi connectivity index (χ4n) is 4.37. The lowest BCUT2D eigenvalue weighted by atomic mass is 9.99. The number of fused-ring (bicyclic) bond motifs is 1. The minimum absolute atomic E-state index is 0.0344. The molecule has 0 spiro atoms. The van der Waals surface area contributed by atoms with Gasteiger partial charge in [0, 0.05) is 37.6 Å². The molecule has 9 nitrogen and oxygen atoms in total. The number of likely N-dealkylation sites (N-methyl/N-ethyl adjacent to an activating group) is 2. The third-order valence-corrected chi connectivity index (χ3v) is 6.57. The highest BCUT2D eigenvalue weighted by Crippen LogP contribution is 2.38. The SMILES string of the molecule is CCOC(=O)c1ccc2c(c1)NC(=O)/C2=C(/Nc1ccc(N(C)C(=O)CN(C)CCOC)cc1)c1ccccc1. The van der Waals surface area contributed by atoms with Crippen molar-refractivity contribution >= 4 is 46.1 Å². The standard InChI is InChI=1S/C31H34N4O5/c1-5-40-31(38)22-11-16-25-26(19-22)33-30(37)28(25)29(21-9-7-6-8-10-21)32-23-12-14-24(15-13-23)35(3)27(36)20-34(2)17-18-39-4/h6-16,19,32H,5,17-18,20H2,1-4H3,(H,33,37)/b29-28+. The normalized spacial score (nSPS) is 13.5. The van der Waals surface area contributed by atoms with Gasteiger partial charge in [-0.25, -0.2) is 4.79 Å². The molecule has 1 aliphatic rings. The molecule has 208 valence electrons. The monoisotopic (exact) mass is 542 g/mol. The summed E-state index contributed by atoms with van der Waals surface area (Å²) < 4.78 is 10.2. The van der Waals surface area contributed by atoms with E-state index in [1.165, 1.54) is 0 Å². The van der Waals surface area contributed by atoms with Crippen LogP contribution in [0.3, 0.4) is 0 Å². The smallest absolute Gasteiger partial charge is 0.338 e. The number of carbonyl (C=O) groups is 3. The number of nitrogens with zero attached hydrogens (tertiary/aromatic N) is 2. The Bertz CT molecular complexity index is 1400. The number of rotatable bonds is 11. The number of amides is 2. The average molecular weight is 543 g/mol. The number of ether oxygens (including phenoxy) is 2. The first-order valence-electron chi connectivity index (χ1n) is 13.1. The predicted octanol–water partition coefficient (Wildman–Crippen LogP) is 4.34. The lowest BCUT2D eigenvalue weighted by molar-refractivity contribution is -0.119. The van der Waals surface area contributed by atoms with Crippen molar-refractivity contribution in [3.05, 3.63) is 89.5 Å². The number of hydrogen-bond acceptors (Lipinski definition) is 7. The van der Waals surface area contributed by atoms with Crippen LogP contribution in [0.2, 0.25) is 0 Å². The van der Waals surface area contributed by atoms with Gasteiger partial charge in [0.15, 0.2) is 0 Å². The summed E-state index contributed by atoms with van der Waals surface area (Å²) in [5, 5.41) is 6.30. The lowest BCUT2D eigenvalue weighted by Gasteiger charge is -2.22. The fourth-order valence-corrected chi connectivity index (χ4v) is 4.37. The van der Waals surface area contributed by atoms with E-state index in [-0.39, 0.29) is 25.0 Å². The van der Waals surface area contributed by atoms with Gasteiger partial charge in [0.2, 0.25) is 5.91 Å². The molecule has 0 aromatic heterocycles. The van der Waals surface area contributed by atoms with Crippen molar-refractivity contribution in [2.24, 2.45) is 0 Å². The summed E-state index contributed by atoms with van der Waals surface area (Å²) in [7, 11) is 5.26. The molecule has 3 aromatic carbocycles. The molecule has 2 N–H and O–H groups in total. The lowest BCUT2D eigenvalue weighted by Crippen LogP contribution is -2.37. The summed E-state index contributed by atoms with van der Waals surface area (Å²) in [5.74, 6) is -0.752. The summed E-state index contributed by atoms with van der Waals surface area (Å²) in [4.78, 5) is 41.7. The molecule has 3 aromatic rings. The van der Waals surface area contributed by atoms with E-state index in [1.807, 2.05) is 66.5 Å². The van der Waals surface area contributed by atoms with Gasteiger partial charge in [-0.1, -0.05) is 36.4 Å². The summed E-state index contributed by atoms with van der Waals surface area (Å²) in [6, 6.07) is 22.1. The van der Waals surface area contributed by atoms with Crippen LogP contribution in [-0.2, 0) is 19.1 Å². The van der Waals surface area contributed by atoms with Crippen molar-refractivity contribution in [2.45, 2.75) is 6.92 Å². The Labute approximate surface area is 234 Å². The van der Waals surface area contributed by atoms with Gasteiger partial charge in [0.05, 0.1) is 42.3 Å². The van der Waals surface area contributed by atoms with E-state index in [2.05, 4.69) is 10.6 Å². The van der Waals surface area contributed by atoms with Gasteiger partial charge in [0.1, 0.15) is 0 Å². The Morgan fingerprint density at radius 1 is 0.950 bits per heavy atom. The molecular weight excluding hydrogens is 508 g/mol. The Morgan fingerprint density at radius 2 is 1.68 bits per heavy atom. The van der Waals surface area contributed by atoms with E-state index in [0.29, 0.717) is 41.2 Å². The molecule has 4 rings (SSSR count). The van der Waals surface area contributed by atoms with Crippen LogP contribution in [-0.4, -0.2) is 70.2 Å². The number of hydrogen-bond donors (Lipinski definition) is 2. The van der Waals surface area contributed by atoms with Gasteiger partial charge in [-0.2, -0.15) is 0 Å². The Hall–Kier alpha value is -4.47. The predicted molar refractivity (Wildman–Crippen MR) is 157 cm³/mol. The van der Waals surface area contributed by atoms with Crippen LogP contribution in [0, 0.1) is 0 Å². The van der Waals surface area contributed by atoms with Crippen molar-refractivity contribution in [3.63, 3.8) is 0 Å². The maximum atomic E-state index is 13.2. The van der Waals surface area contributed by atoms with E-state index in [9.17, 15) is 14.4 Å². The zero-order valence-corrected chi connectivity index (χ0v) is 23.2. The molecule has 0 atom stereocenters. The van der Waals surface area contributed by atoms with E-state index < -0.39 is 5.97 Å². The number of carbonyl (C=O) groups excluding carboxylic acids is 3. The molecule has 0 saturated carbocycles. The molecule has 2 amide bonds. The van der Waals surface area contributed by atoms with Gasteiger partial charge >= 0.3 is 5.97 Å². The molecule has 0 radical (unpaired) electrons. The van der Waals surface area contributed by atoms with E-state index >= 15 is 0 Å². The second kappa shape index (κ2) is 13.1. The van der Waals surface area contributed by atoms with Gasteiger partial charge in [-0.15, -0.1) is 0 Å². The highest BCUT2D eigenvalue weighted by atomic mass is 16.5. The van der Waals surface area contributed by atoms with Gasteiger partial charge in [-0.3, -0.25) is 14.5 Å². The van der Waals surface area contributed by atoms with Crippen molar-refractivity contribution in [1.29, 1.82) is 0 Å². The van der Waals surface area contributed by atoms with E-state index in [1.54, 1.807) is 44.2 Å². The zero-order valence-electron chi connectivity index (χ0n) is 23.2. The van der Waals surface area contributed by atoms with Crippen LogP contribution in [0.25, 0.3) is 11.3 Å². The number of esters is 1. The second-order valence-electron chi connectivity index (χ2n) is 9.41. The minimum atomic E-state index is -0.441. The van der Waals surface area contributed by atoms with E-state index in [4.69, 9.17) is 9.47 Å². The number of nitrogens with one attached hydrogen (secondary N) is 2. The zero-order chi connectivity index (χ0) is 28.6. The fraction of sp³-hybridized carbons (Fsp3) is 0.258. The Balaban J connectivity index is 1.62. The highest BCUT2D eigenvalue weighted by molar-refractivity contribution is 6.37. The molecule has 0 bridgehead atoms. The van der Waals surface area contributed by atoms with E-state index in [0.717, 1.165) is 16.9 Å². The van der Waals surface area contributed by atoms with Crippen molar-refractivity contribution in [3.8, 4) is 0 Å². The topological polar surface area (TPSA) is 100 Å². The Kier molecular flexibility index (Phi) is 9.31. The van der Waals surface area contributed by atoms with Gasteiger partial charge < -0.3 is 25.0 Å². The maximum Gasteiger partial charge on any atom is 0.338 e. The van der Waals surface area contributed by atoms with Crippen LogP contribution < -0.4 is 15.5 Å². The first-order valence-corrected chi connectivity index (χ1v) is 13.1. The largest absolute Gasteiger partial charge is 0.462 e.